The Kier molecular flexibility index (Phi) is 3.43. The molecule has 0 saturated heterocycles. The van der Waals surface area contributed by atoms with E-state index in [0.717, 1.165) is 4.47 Å². The van der Waals surface area contributed by atoms with Crippen LogP contribution in [0.1, 0.15) is 26.3 Å². The molecule has 1 heterocycles. The first-order chi connectivity index (χ1) is 10.1. The highest BCUT2D eigenvalue weighted by molar-refractivity contribution is 9.10. The zero-order valence-electron chi connectivity index (χ0n) is 10.9. The standard InChI is InChI=1S/C16H10BrNO3/c17-11-6-4-9(5-7-11)13(19)8-10-2-1-3-12-14(10)15(20)16(21)18-12/h1-7H,8H2,(H,18,20,21). The summed E-state index contributed by atoms with van der Waals surface area (Å²) in [5, 5.41) is 2.50. The third-order valence-corrected chi connectivity index (χ3v) is 3.88. The molecule has 4 nitrogen and oxygen atoms in total. The predicted molar refractivity (Wildman–Crippen MR) is 81.6 cm³/mol. The quantitative estimate of drug-likeness (QED) is 0.688. The second kappa shape index (κ2) is 5.26. The van der Waals surface area contributed by atoms with E-state index in [1.54, 1.807) is 42.5 Å². The Labute approximate surface area is 129 Å². The first-order valence-electron chi connectivity index (χ1n) is 6.32. The zero-order chi connectivity index (χ0) is 15.0. The highest BCUT2D eigenvalue weighted by Gasteiger charge is 2.30. The molecule has 1 aliphatic heterocycles. The zero-order valence-corrected chi connectivity index (χ0v) is 12.4. The number of hydrogen-bond donors (Lipinski definition) is 1. The molecule has 0 aliphatic carbocycles. The second-order valence-corrected chi connectivity index (χ2v) is 5.65. The molecule has 1 aliphatic rings. The average Bonchev–Trinajstić information content (AvgIpc) is 2.76. The molecule has 0 unspecified atom stereocenters. The Hall–Kier alpha value is -2.27. The monoisotopic (exact) mass is 343 g/mol. The maximum absolute atomic E-state index is 12.3. The van der Waals surface area contributed by atoms with Crippen LogP contribution in [0.3, 0.4) is 0 Å². The number of hydrogen-bond acceptors (Lipinski definition) is 3. The highest BCUT2D eigenvalue weighted by Crippen LogP contribution is 2.27. The van der Waals surface area contributed by atoms with Crippen LogP contribution in [-0.2, 0) is 11.2 Å². The van der Waals surface area contributed by atoms with Crippen molar-refractivity contribution < 1.29 is 14.4 Å². The minimum absolute atomic E-state index is 0.0888. The SMILES string of the molecule is O=C1Nc2cccc(CC(=O)c3ccc(Br)cc3)c2C1=O. The van der Waals surface area contributed by atoms with E-state index in [2.05, 4.69) is 21.2 Å². The van der Waals surface area contributed by atoms with Crippen molar-refractivity contribution in [3.05, 3.63) is 63.6 Å². The number of halogens is 1. The summed E-state index contributed by atoms with van der Waals surface area (Å²) in [6.45, 7) is 0. The van der Waals surface area contributed by atoms with Crippen molar-refractivity contribution in [2.75, 3.05) is 5.32 Å². The lowest BCUT2D eigenvalue weighted by Crippen LogP contribution is -2.14. The molecule has 2 aromatic carbocycles. The molecule has 0 atom stereocenters. The van der Waals surface area contributed by atoms with E-state index >= 15 is 0 Å². The summed E-state index contributed by atoms with van der Waals surface area (Å²) < 4.78 is 0.893. The summed E-state index contributed by atoms with van der Waals surface area (Å²) in [7, 11) is 0. The van der Waals surface area contributed by atoms with Crippen molar-refractivity contribution >= 4 is 39.1 Å². The van der Waals surface area contributed by atoms with Crippen molar-refractivity contribution in [2.45, 2.75) is 6.42 Å². The van der Waals surface area contributed by atoms with E-state index < -0.39 is 11.7 Å². The van der Waals surface area contributed by atoms with Gasteiger partial charge in [-0.25, -0.2) is 0 Å². The number of carbonyl (C=O) groups excluding carboxylic acids is 3. The molecule has 0 aromatic heterocycles. The number of carbonyl (C=O) groups is 3. The molecule has 0 radical (unpaired) electrons. The van der Waals surface area contributed by atoms with Gasteiger partial charge in [-0.1, -0.05) is 40.2 Å². The fraction of sp³-hybridized carbons (Fsp3) is 0.0625. The fourth-order valence-corrected chi connectivity index (χ4v) is 2.59. The molecule has 0 fully saturated rings. The topological polar surface area (TPSA) is 63.2 Å². The van der Waals surface area contributed by atoms with Crippen LogP contribution in [0.4, 0.5) is 5.69 Å². The van der Waals surface area contributed by atoms with Gasteiger partial charge >= 0.3 is 0 Å². The van der Waals surface area contributed by atoms with E-state index in [4.69, 9.17) is 0 Å². The van der Waals surface area contributed by atoms with Gasteiger partial charge in [0.05, 0.1) is 11.3 Å². The molecular formula is C16H10BrNO3. The first kappa shape index (κ1) is 13.7. The normalized spacial score (nSPS) is 13.0. The molecule has 2 aromatic rings. The molecule has 1 N–H and O–H groups in total. The summed E-state index contributed by atoms with van der Waals surface area (Å²) >= 11 is 3.31. The van der Waals surface area contributed by atoms with Crippen molar-refractivity contribution in [2.24, 2.45) is 0 Å². The van der Waals surface area contributed by atoms with Crippen LogP contribution in [0.5, 0.6) is 0 Å². The third kappa shape index (κ3) is 2.52. The molecule has 3 rings (SSSR count). The maximum Gasteiger partial charge on any atom is 0.296 e. The van der Waals surface area contributed by atoms with Crippen LogP contribution >= 0.6 is 15.9 Å². The lowest BCUT2D eigenvalue weighted by molar-refractivity contribution is -0.112. The third-order valence-electron chi connectivity index (χ3n) is 3.35. The van der Waals surface area contributed by atoms with Crippen molar-refractivity contribution in [3.63, 3.8) is 0 Å². The van der Waals surface area contributed by atoms with Gasteiger partial charge in [-0.2, -0.15) is 0 Å². The maximum atomic E-state index is 12.3. The Morgan fingerprint density at radius 3 is 2.48 bits per heavy atom. The Balaban J connectivity index is 1.92. The number of rotatable bonds is 3. The molecule has 0 bridgehead atoms. The highest BCUT2D eigenvalue weighted by atomic mass is 79.9. The molecule has 1 amide bonds. The van der Waals surface area contributed by atoms with Gasteiger partial charge in [0.2, 0.25) is 0 Å². The number of fused-ring (bicyclic) bond motifs is 1. The minimum Gasteiger partial charge on any atom is -0.318 e. The van der Waals surface area contributed by atoms with Crippen LogP contribution in [0.15, 0.2) is 46.9 Å². The van der Waals surface area contributed by atoms with Gasteiger partial charge < -0.3 is 5.32 Å². The van der Waals surface area contributed by atoms with Crippen molar-refractivity contribution in [1.29, 1.82) is 0 Å². The van der Waals surface area contributed by atoms with Crippen molar-refractivity contribution in [1.82, 2.24) is 0 Å². The second-order valence-electron chi connectivity index (χ2n) is 4.73. The molecule has 104 valence electrons. The summed E-state index contributed by atoms with van der Waals surface area (Å²) in [4.78, 5) is 35.6. The number of nitrogens with one attached hydrogen (secondary N) is 1. The summed E-state index contributed by atoms with van der Waals surface area (Å²) in [6.07, 6.45) is 0.0888. The number of benzene rings is 2. The number of amides is 1. The average molecular weight is 344 g/mol. The summed E-state index contributed by atoms with van der Waals surface area (Å²) in [6, 6.07) is 12.1. The van der Waals surface area contributed by atoms with E-state index in [1.165, 1.54) is 0 Å². The van der Waals surface area contributed by atoms with Crippen molar-refractivity contribution in [3.8, 4) is 0 Å². The van der Waals surface area contributed by atoms with Gasteiger partial charge in [0, 0.05) is 16.5 Å². The van der Waals surface area contributed by atoms with Crippen LogP contribution in [0.25, 0.3) is 0 Å². The molecule has 5 heteroatoms. The summed E-state index contributed by atoms with van der Waals surface area (Å²) in [5.41, 5.74) is 1.93. The van der Waals surface area contributed by atoms with E-state index in [9.17, 15) is 14.4 Å². The van der Waals surface area contributed by atoms with Gasteiger partial charge in [0.25, 0.3) is 11.7 Å². The van der Waals surface area contributed by atoms with E-state index in [-0.39, 0.29) is 12.2 Å². The number of anilines is 1. The fourth-order valence-electron chi connectivity index (χ4n) is 2.32. The smallest absolute Gasteiger partial charge is 0.296 e. The molecule has 0 saturated carbocycles. The van der Waals surface area contributed by atoms with E-state index in [0.29, 0.717) is 22.4 Å². The van der Waals surface area contributed by atoms with Gasteiger partial charge in [0.15, 0.2) is 5.78 Å². The van der Waals surface area contributed by atoms with Gasteiger partial charge in [-0.15, -0.1) is 0 Å². The molecular weight excluding hydrogens is 334 g/mol. The van der Waals surface area contributed by atoms with Gasteiger partial charge in [0.1, 0.15) is 0 Å². The Morgan fingerprint density at radius 2 is 1.76 bits per heavy atom. The molecule has 0 spiro atoms. The number of ketones is 2. The van der Waals surface area contributed by atoms with Crippen LogP contribution < -0.4 is 5.32 Å². The largest absolute Gasteiger partial charge is 0.318 e. The Morgan fingerprint density at radius 1 is 1.05 bits per heavy atom. The lowest BCUT2D eigenvalue weighted by Gasteiger charge is -2.06. The molecule has 21 heavy (non-hydrogen) atoms. The Bertz CT molecular complexity index is 766. The van der Waals surface area contributed by atoms with Gasteiger partial charge in [-0.05, 0) is 23.8 Å². The van der Waals surface area contributed by atoms with Gasteiger partial charge in [-0.3, -0.25) is 14.4 Å². The first-order valence-corrected chi connectivity index (χ1v) is 7.12. The lowest BCUT2D eigenvalue weighted by atomic mass is 9.97. The number of Topliss-reactive ketones (excluding diaryl/α,β-unsaturated/α-hetero) is 2. The van der Waals surface area contributed by atoms with Crippen LogP contribution in [0.2, 0.25) is 0 Å². The van der Waals surface area contributed by atoms with E-state index in [1.807, 2.05) is 0 Å². The van der Waals surface area contributed by atoms with Crippen LogP contribution in [-0.4, -0.2) is 17.5 Å². The predicted octanol–water partition coefficient (Wildman–Crippen LogP) is 3.01. The summed E-state index contributed by atoms with van der Waals surface area (Å²) in [5.74, 6) is -1.32. The van der Waals surface area contributed by atoms with Crippen LogP contribution in [0, 0.1) is 0 Å². The minimum atomic E-state index is -0.645.